The normalized spacial score (nSPS) is 10.1. The van der Waals surface area contributed by atoms with E-state index in [0.717, 1.165) is 11.3 Å². The Kier molecular flexibility index (Phi) is 4.77. The van der Waals surface area contributed by atoms with Crippen molar-refractivity contribution in [3.8, 4) is 17.5 Å². The fourth-order valence-electron chi connectivity index (χ4n) is 2.31. The molecular weight excluding hydrogens is 318 g/mol. The van der Waals surface area contributed by atoms with E-state index in [1.807, 2.05) is 30.3 Å². The van der Waals surface area contributed by atoms with Crippen LogP contribution in [-0.2, 0) is 11.3 Å². The Morgan fingerprint density at radius 3 is 2.72 bits per heavy atom. The lowest BCUT2D eigenvalue weighted by Gasteiger charge is -2.04. The third-order valence-electron chi connectivity index (χ3n) is 3.54. The molecule has 0 aliphatic heterocycles. The molecule has 124 valence electrons. The first-order valence-electron chi connectivity index (χ1n) is 7.56. The first-order chi connectivity index (χ1) is 12.2. The van der Waals surface area contributed by atoms with Gasteiger partial charge in [0.25, 0.3) is 0 Å². The summed E-state index contributed by atoms with van der Waals surface area (Å²) >= 11 is 0. The number of hydrogen-bond donors (Lipinski definition) is 0. The van der Waals surface area contributed by atoms with Gasteiger partial charge >= 0.3 is 5.97 Å². The molecule has 0 fully saturated rings. The molecule has 6 heteroatoms. The van der Waals surface area contributed by atoms with Crippen molar-refractivity contribution in [3.63, 3.8) is 0 Å². The van der Waals surface area contributed by atoms with Crippen LogP contribution in [0.25, 0.3) is 5.69 Å². The van der Waals surface area contributed by atoms with Crippen LogP contribution in [-0.4, -0.2) is 22.9 Å². The third kappa shape index (κ3) is 3.67. The lowest BCUT2D eigenvalue weighted by molar-refractivity contribution is 0.0461. The molecule has 0 unspecified atom stereocenters. The van der Waals surface area contributed by atoms with Crippen LogP contribution < -0.4 is 4.74 Å². The molecule has 0 aliphatic rings. The van der Waals surface area contributed by atoms with Crippen LogP contribution in [0.15, 0.2) is 60.8 Å². The summed E-state index contributed by atoms with van der Waals surface area (Å²) in [5, 5.41) is 13.2. The van der Waals surface area contributed by atoms with Crippen LogP contribution >= 0.6 is 0 Å². The molecule has 25 heavy (non-hydrogen) atoms. The number of methoxy groups -OCH3 is 1. The zero-order chi connectivity index (χ0) is 17.6. The number of rotatable bonds is 5. The van der Waals surface area contributed by atoms with E-state index >= 15 is 0 Å². The molecule has 1 aromatic heterocycles. The Labute approximate surface area is 144 Å². The molecule has 0 amide bonds. The molecule has 2 aromatic carbocycles. The van der Waals surface area contributed by atoms with Crippen LogP contribution in [0.2, 0.25) is 0 Å². The van der Waals surface area contributed by atoms with E-state index in [1.54, 1.807) is 35.1 Å². The van der Waals surface area contributed by atoms with Crippen LogP contribution in [0.1, 0.15) is 21.6 Å². The Bertz CT molecular complexity index is 927. The van der Waals surface area contributed by atoms with Crippen molar-refractivity contribution in [1.29, 1.82) is 5.26 Å². The van der Waals surface area contributed by atoms with Gasteiger partial charge in [0.1, 0.15) is 6.61 Å². The number of ether oxygens (including phenoxy) is 2. The van der Waals surface area contributed by atoms with Gasteiger partial charge in [-0.1, -0.05) is 30.3 Å². The average Bonchev–Trinajstić information content (AvgIpc) is 3.11. The molecule has 0 aliphatic carbocycles. The molecule has 0 atom stereocenters. The lowest BCUT2D eigenvalue weighted by Crippen LogP contribution is -2.08. The highest BCUT2D eigenvalue weighted by atomic mass is 16.5. The Balaban J connectivity index is 1.77. The number of para-hydroxylation sites is 1. The summed E-state index contributed by atoms with van der Waals surface area (Å²) in [6.07, 6.45) is 1.63. The molecule has 0 N–H and O–H groups in total. The van der Waals surface area contributed by atoms with Gasteiger partial charge in [-0.15, -0.1) is 0 Å². The highest BCUT2D eigenvalue weighted by Gasteiger charge is 2.20. The summed E-state index contributed by atoms with van der Waals surface area (Å²) in [5.74, 6) is -0.256. The van der Waals surface area contributed by atoms with E-state index in [0.29, 0.717) is 11.3 Å². The maximum absolute atomic E-state index is 12.4. The van der Waals surface area contributed by atoms with Gasteiger partial charge in [-0.3, -0.25) is 0 Å². The van der Waals surface area contributed by atoms with Crippen molar-refractivity contribution >= 4 is 5.97 Å². The van der Waals surface area contributed by atoms with Crippen LogP contribution in [0.4, 0.5) is 0 Å². The molecule has 3 rings (SSSR count). The van der Waals surface area contributed by atoms with Gasteiger partial charge in [-0.25, -0.2) is 9.48 Å². The van der Waals surface area contributed by atoms with Crippen LogP contribution in [0.5, 0.6) is 5.75 Å². The van der Waals surface area contributed by atoms with E-state index in [4.69, 9.17) is 14.7 Å². The molecule has 0 saturated carbocycles. The number of aromatic nitrogens is 2. The number of esters is 1. The minimum absolute atomic E-state index is 0.0513. The Morgan fingerprint density at radius 1 is 1.20 bits per heavy atom. The second-order valence-corrected chi connectivity index (χ2v) is 5.21. The van der Waals surface area contributed by atoms with Crippen LogP contribution in [0, 0.1) is 11.3 Å². The number of carbonyl (C=O) groups excluding carboxylic acids is 1. The first-order valence-corrected chi connectivity index (χ1v) is 7.56. The molecule has 0 bridgehead atoms. The van der Waals surface area contributed by atoms with Gasteiger partial charge in [0.2, 0.25) is 5.69 Å². The second-order valence-electron chi connectivity index (χ2n) is 5.21. The summed E-state index contributed by atoms with van der Waals surface area (Å²) in [5.41, 5.74) is 2.15. The Hall–Kier alpha value is -3.59. The van der Waals surface area contributed by atoms with Crippen molar-refractivity contribution in [2.45, 2.75) is 6.61 Å². The number of nitrogens with zero attached hydrogens (tertiary/aromatic N) is 3. The highest BCUT2D eigenvalue weighted by Crippen LogP contribution is 2.20. The zero-order valence-corrected chi connectivity index (χ0v) is 13.5. The minimum Gasteiger partial charge on any atom is -0.493 e. The van der Waals surface area contributed by atoms with E-state index in [9.17, 15) is 4.79 Å². The first kappa shape index (κ1) is 16.3. The smallest absolute Gasteiger partial charge is 0.363 e. The monoisotopic (exact) mass is 333 g/mol. The second kappa shape index (κ2) is 7.32. The zero-order valence-electron chi connectivity index (χ0n) is 13.5. The largest absolute Gasteiger partial charge is 0.493 e. The molecule has 0 radical (unpaired) electrons. The summed E-state index contributed by atoms with van der Waals surface area (Å²) in [4.78, 5) is 12.4. The molecule has 1 heterocycles. The molecule has 6 nitrogen and oxygen atoms in total. The summed E-state index contributed by atoms with van der Waals surface area (Å²) < 4.78 is 12.1. The van der Waals surface area contributed by atoms with Gasteiger partial charge in [0.05, 0.1) is 30.6 Å². The number of benzene rings is 2. The fourth-order valence-corrected chi connectivity index (χ4v) is 2.31. The predicted molar refractivity (Wildman–Crippen MR) is 90.4 cm³/mol. The fraction of sp³-hybridized carbons (Fsp3) is 0.105. The summed E-state index contributed by atoms with van der Waals surface area (Å²) in [7, 11) is 1.47. The van der Waals surface area contributed by atoms with Crippen molar-refractivity contribution in [1.82, 2.24) is 9.78 Å². The Morgan fingerprint density at radius 2 is 2.00 bits per heavy atom. The van der Waals surface area contributed by atoms with Crippen molar-refractivity contribution < 1.29 is 14.3 Å². The van der Waals surface area contributed by atoms with Gasteiger partial charge in [-0.2, -0.15) is 10.4 Å². The van der Waals surface area contributed by atoms with E-state index in [1.165, 1.54) is 7.11 Å². The number of nitriles is 1. The highest BCUT2D eigenvalue weighted by molar-refractivity contribution is 5.90. The molecule has 0 spiro atoms. The van der Waals surface area contributed by atoms with Gasteiger partial charge in [0, 0.05) is 0 Å². The standard InChI is InChI=1S/C19H15N3O3/c1-24-17-12-22(16-8-3-2-4-9-16)21-18(17)19(23)25-13-15-7-5-6-14(10-15)11-20/h2-10,12H,13H2,1H3. The maximum Gasteiger partial charge on any atom is 0.363 e. The van der Waals surface area contributed by atoms with E-state index < -0.39 is 5.97 Å². The summed E-state index contributed by atoms with van der Waals surface area (Å²) in [6, 6.07) is 18.3. The van der Waals surface area contributed by atoms with Crippen molar-refractivity contribution in [2.24, 2.45) is 0 Å². The van der Waals surface area contributed by atoms with E-state index in [2.05, 4.69) is 11.2 Å². The molecule has 3 aromatic rings. The molecule has 0 saturated heterocycles. The summed E-state index contributed by atoms with van der Waals surface area (Å²) in [6.45, 7) is 0.0513. The van der Waals surface area contributed by atoms with Gasteiger partial charge in [0.15, 0.2) is 5.75 Å². The average molecular weight is 333 g/mol. The topological polar surface area (TPSA) is 77.1 Å². The number of hydrogen-bond acceptors (Lipinski definition) is 5. The van der Waals surface area contributed by atoms with Crippen molar-refractivity contribution in [2.75, 3.05) is 7.11 Å². The SMILES string of the molecule is COc1cn(-c2ccccc2)nc1C(=O)OCc1cccc(C#N)c1. The third-order valence-corrected chi connectivity index (χ3v) is 3.54. The van der Waals surface area contributed by atoms with Gasteiger partial charge in [-0.05, 0) is 29.8 Å². The molecular formula is C19H15N3O3. The van der Waals surface area contributed by atoms with Crippen LogP contribution in [0.3, 0.4) is 0 Å². The van der Waals surface area contributed by atoms with E-state index in [-0.39, 0.29) is 12.3 Å². The quantitative estimate of drug-likeness (QED) is 0.671. The minimum atomic E-state index is -0.589. The number of carbonyl (C=O) groups is 1. The lowest BCUT2D eigenvalue weighted by atomic mass is 10.1. The predicted octanol–water partition coefficient (Wildman–Crippen LogP) is 3.11. The van der Waals surface area contributed by atoms with Crippen molar-refractivity contribution in [3.05, 3.63) is 77.6 Å². The van der Waals surface area contributed by atoms with Gasteiger partial charge < -0.3 is 9.47 Å². The maximum atomic E-state index is 12.4.